The molecule has 0 aliphatic carbocycles. The van der Waals surface area contributed by atoms with Crippen LogP contribution in [-0.2, 0) is 11.3 Å². The second-order valence-corrected chi connectivity index (χ2v) is 4.08. The molecule has 0 saturated heterocycles. The van der Waals surface area contributed by atoms with Gasteiger partial charge in [0, 0.05) is 19.8 Å². The van der Waals surface area contributed by atoms with Crippen LogP contribution >= 0.6 is 0 Å². The molecule has 0 bridgehead atoms. The van der Waals surface area contributed by atoms with E-state index < -0.39 is 0 Å². The monoisotopic (exact) mass is 233 g/mol. The van der Waals surface area contributed by atoms with Crippen LogP contribution < -0.4 is 5.73 Å². The lowest BCUT2D eigenvalue weighted by Gasteiger charge is -2.06. The van der Waals surface area contributed by atoms with Gasteiger partial charge in [-0.1, -0.05) is 19.1 Å². The Kier molecular flexibility index (Phi) is 3.98. The van der Waals surface area contributed by atoms with E-state index in [9.17, 15) is 0 Å². The van der Waals surface area contributed by atoms with E-state index in [1.54, 1.807) is 0 Å². The van der Waals surface area contributed by atoms with Crippen LogP contribution in [0.4, 0.5) is 5.95 Å². The van der Waals surface area contributed by atoms with Crippen LogP contribution in [0.3, 0.4) is 0 Å². The second kappa shape index (κ2) is 5.68. The number of imidazole rings is 1. The summed E-state index contributed by atoms with van der Waals surface area (Å²) in [6.45, 7) is 4.58. The second-order valence-electron chi connectivity index (χ2n) is 4.08. The number of hydrogen-bond donors (Lipinski definition) is 1. The van der Waals surface area contributed by atoms with Crippen LogP contribution in [0.5, 0.6) is 0 Å². The third-order valence-electron chi connectivity index (χ3n) is 2.70. The number of nitrogen functional groups attached to an aromatic ring is 1. The Morgan fingerprint density at radius 1 is 1.29 bits per heavy atom. The fourth-order valence-electron chi connectivity index (χ4n) is 1.90. The summed E-state index contributed by atoms with van der Waals surface area (Å²) in [5, 5.41) is 0. The van der Waals surface area contributed by atoms with Crippen LogP contribution in [0.2, 0.25) is 0 Å². The van der Waals surface area contributed by atoms with Gasteiger partial charge < -0.3 is 15.0 Å². The van der Waals surface area contributed by atoms with E-state index in [-0.39, 0.29) is 0 Å². The van der Waals surface area contributed by atoms with Gasteiger partial charge in [-0.15, -0.1) is 0 Å². The highest BCUT2D eigenvalue weighted by molar-refractivity contribution is 5.78. The molecule has 0 aliphatic rings. The molecule has 2 aromatic rings. The van der Waals surface area contributed by atoms with E-state index in [0.717, 1.165) is 43.6 Å². The van der Waals surface area contributed by atoms with Gasteiger partial charge in [0.2, 0.25) is 5.95 Å². The Morgan fingerprint density at radius 2 is 2.12 bits per heavy atom. The van der Waals surface area contributed by atoms with Crippen molar-refractivity contribution in [3.63, 3.8) is 0 Å². The molecular formula is C13H19N3O. The van der Waals surface area contributed by atoms with Crippen molar-refractivity contribution >= 4 is 17.0 Å². The lowest BCUT2D eigenvalue weighted by Crippen LogP contribution is -2.06. The first-order valence-electron chi connectivity index (χ1n) is 6.11. The van der Waals surface area contributed by atoms with E-state index in [0.29, 0.717) is 5.95 Å². The predicted octanol–water partition coefficient (Wildman–Crippen LogP) is 2.44. The number of aromatic nitrogens is 2. The SMILES string of the molecule is CCCOCCCn1c(N)nc2ccccc21. The molecule has 2 rings (SSSR count). The highest BCUT2D eigenvalue weighted by Crippen LogP contribution is 2.17. The number of nitrogens with two attached hydrogens (primary N) is 1. The maximum absolute atomic E-state index is 5.91. The normalized spacial score (nSPS) is 11.1. The minimum Gasteiger partial charge on any atom is -0.381 e. The van der Waals surface area contributed by atoms with E-state index >= 15 is 0 Å². The first-order valence-corrected chi connectivity index (χ1v) is 6.11. The molecule has 0 spiro atoms. The van der Waals surface area contributed by atoms with E-state index in [1.807, 2.05) is 28.8 Å². The van der Waals surface area contributed by atoms with Gasteiger partial charge in [-0.2, -0.15) is 0 Å². The number of hydrogen-bond acceptors (Lipinski definition) is 3. The fourth-order valence-corrected chi connectivity index (χ4v) is 1.90. The minimum absolute atomic E-state index is 0.585. The molecule has 92 valence electrons. The van der Waals surface area contributed by atoms with Crippen molar-refractivity contribution in [2.24, 2.45) is 0 Å². The quantitative estimate of drug-likeness (QED) is 0.780. The molecule has 4 heteroatoms. The Morgan fingerprint density at radius 3 is 2.94 bits per heavy atom. The zero-order valence-corrected chi connectivity index (χ0v) is 10.2. The lowest BCUT2D eigenvalue weighted by atomic mass is 10.3. The molecule has 0 saturated carbocycles. The smallest absolute Gasteiger partial charge is 0.201 e. The highest BCUT2D eigenvalue weighted by Gasteiger charge is 2.06. The van der Waals surface area contributed by atoms with Crippen molar-refractivity contribution in [2.45, 2.75) is 26.3 Å². The lowest BCUT2D eigenvalue weighted by molar-refractivity contribution is 0.129. The van der Waals surface area contributed by atoms with Gasteiger partial charge in [-0.25, -0.2) is 4.98 Å². The van der Waals surface area contributed by atoms with Crippen molar-refractivity contribution in [3.05, 3.63) is 24.3 Å². The molecule has 17 heavy (non-hydrogen) atoms. The number of benzene rings is 1. The largest absolute Gasteiger partial charge is 0.381 e. The topological polar surface area (TPSA) is 53.1 Å². The van der Waals surface area contributed by atoms with Crippen molar-refractivity contribution < 1.29 is 4.74 Å². The highest BCUT2D eigenvalue weighted by atomic mass is 16.5. The number of para-hydroxylation sites is 2. The van der Waals surface area contributed by atoms with E-state index in [2.05, 4.69) is 11.9 Å². The van der Waals surface area contributed by atoms with Gasteiger partial charge in [0.25, 0.3) is 0 Å². The molecule has 2 N–H and O–H groups in total. The van der Waals surface area contributed by atoms with Gasteiger partial charge in [0.1, 0.15) is 0 Å². The standard InChI is InChI=1S/C13H19N3O/c1-2-9-17-10-5-8-16-12-7-4-3-6-11(12)15-13(16)14/h3-4,6-7H,2,5,8-10H2,1H3,(H2,14,15). The van der Waals surface area contributed by atoms with Crippen molar-refractivity contribution in [2.75, 3.05) is 18.9 Å². The Labute approximate surface area is 101 Å². The summed E-state index contributed by atoms with van der Waals surface area (Å²) < 4.78 is 7.50. The molecule has 1 aromatic heterocycles. The van der Waals surface area contributed by atoms with Crippen LogP contribution in [-0.4, -0.2) is 22.8 Å². The molecule has 0 atom stereocenters. The van der Waals surface area contributed by atoms with E-state index in [4.69, 9.17) is 10.5 Å². The maximum Gasteiger partial charge on any atom is 0.201 e. The van der Waals surface area contributed by atoms with Crippen molar-refractivity contribution in [3.8, 4) is 0 Å². The van der Waals surface area contributed by atoms with Gasteiger partial charge in [0.05, 0.1) is 11.0 Å². The zero-order valence-electron chi connectivity index (χ0n) is 10.2. The Bertz CT molecular complexity index is 478. The predicted molar refractivity (Wildman–Crippen MR) is 69.9 cm³/mol. The van der Waals surface area contributed by atoms with Gasteiger partial charge in [0.15, 0.2) is 0 Å². The summed E-state index contributed by atoms with van der Waals surface area (Å²) in [4.78, 5) is 4.33. The minimum atomic E-state index is 0.585. The Balaban J connectivity index is 2.00. The molecule has 1 aromatic carbocycles. The third kappa shape index (κ3) is 2.77. The van der Waals surface area contributed by atoms with Crippen LogP contribution in [0.15, 0.2) is 24.3 Å². The molecule has 0 unspecified atom stereocenters. The summed E-state index contributed by atoms with van der Waals surface area (Å²) in [6, 6.07) is 8.01. The zero-order chi connectivity index (χ0) is 12.1. The van der Waals surface area contributed by atoms with E-state index in [1.165, 1.54) is 0 Å². The number of nitrogens with zero attached hydrogens (tertiary/aromatic N) is 2. The number of aryl methyl sites for hydroxylation is 1. The van der Waals surface area contributed by atoms with Gasteiger partial charge in [-0.3, -0.25) is 0 Å². The number of rotatable bonds is 6. The molecule has 1 heterocycles. The molecule has 4 nitrogen and oxygen atoms in total. The average Bonchev–Trinajstić information content (AvgIpc) is 2.65. The molecule has 0 radical (unpaired) electrons. The summed E-state index contributed by atoms with van der Waals surface area (Å²) in [5.41, 5.74) is 7.96. The first kappa shape index (κ1) is 11.9. The Hall–Kier alpha value is -1.55. The van der Waals surface area contributed by atoms with Gasteiger partial charge >= 0.3 is 0 Å². The average molecular weight is 233 g/mol. The summed E-state index contributed by atoms with van der Waals surface area (Å²) in [7, 11) is 0. The molecule has 0 fully saturated rings. The van der Waals surface area contributed by atoms with Crippen LogP contribution in [0, 0.1) is 0 Å². The summed E-state index contributed by atoms with van der Waals surface area (Å²) >= 11 is 0. The molecule has 0 aliphatic heterocycles. The number of ether oxygens (including phenoxy) is 1. The third-order valence-corrected chi connectivity index (χ3v) is 2.70. The van der Waals surface area contributed by atoms with Crippen LogP contribution in [0.1, 0.15) is 19.8 Å². The number of anilines is 1. The summed E-state index contributed by atoms with van der Waals surface area (Å²) in [6.07, 6.45) is 2.03. The van der Waals surface area contributed by atoms with Crippen LogP contribution in [0.25, 0.3) is 11.0 Å². The first-order chi connectivity index (χ1) is 8.33. The van der Waals surface area contributed by atoms with Crippen molar-refractivity contribution in [1.82, 2.24) is 9.55 Å². The molecular weight excluding hydrogens is 214 g/mol. The molecule has 0 amide bonds. The van der Waals surface area contributed by atoms with Crippen molar-refractivity contribution in [1.29, 1.82) is 0 Å². The number of fused-ring (bicyclic) bond motifs is 1. The summed E-state index contributed by atoms with van der Waals surface area (Å²) in [5.74, 6) is 0.585. The maximum atomic E-state index is 5.91. The fraction of sp³-hybridized carbons (Fsp3) is 0.462. The van der Waals surface area contributed by atoms with Gasteiger partial charge in [-0.05, 0) is 25.0 Å².